The third-order valence-corrected chi connectivity index (χ3v) is 3.91. The first-order chi connectivity index (χ1) is 11.6. The van der Waals surface area contributed by atoms with Crippen LogP contribution < -0.4 is 16.2 Å². The molecule has 1 aliphatic rings. The van der Waals surface area contributed by atoms with Crippen LogP contribution in [-0.2, 0) is 27.2 Å². The molecule has 3 N–H and O–H groups in total. The molecule has 24 heavy (non-hydrogen) atoms. The van der Waals surface area contributed by atoms with Crippen molar-refractivity contribution in [1.29, 1.82) is 0 Å². The fraction of sp³-hybridized carbons (Fsp3) is 0.353. The fourth-order valence-corrected chi connectivity index (χ4v) is 2.36. The molecule has 1 heterocycles. The van der Waals surface area contributed by atoms with Gasteiger partial charge in [0.2, 0.25) is 5.91 Å². The molecule has 7 heteroatoms. The van der Waals surface area contributed by atoms with E-state index in [1.807, 2.05) is 18.2 Å². The number of benzene rings is 1. The van der Waals surface area contributed by atoms with Crippen LogP contribution in [0.3, 0.4) is 0 Å². The quantitative estimate of drug-likeness (QED) is 0.574. The van der Waals surface area contributed by atoms with Gasteiger partial charge in [-0.2, -0.15) is 0 Å². The Morgan fingerprint density at radius 2 is 1.96 bits per heavy atom. The van der Waals surface area contributed by atoms with Crippen molar-refractivity contribution in [3.63, 3.8) is 0 Å². The van der Waals surface area contributed by atoms with Gasteiger partial charge in [0.25, 0.3) is 0 Å². The van der Waals surface area contributed by atoms with Crippen LogP contribution >= 0.6 is 0 Å². The number of hydrogen-bond acceptors (Lipinski definition) is 4. The van der Waals surface area contributed by atoms with Gasteiger partial charge in [0.05, 0.1) is 12.7 Å². The van der Waals surface area contributed by atoms with Crippen LogP contribution in [0.4, 0.5) is 0 Å². The van der Waals surface area contributed by atoms with E-state index in [-0.39, 0.29) is 12.5 Å². The molecule has 1 fully saturated rings. The maximum atomic E-state index is 11.9. The molecule has 3 rings (SSSR count). The molecule has 0 saturated heterocycles. The zero-order valence-electron chi connectivity index (χ0n) is 13.3. The monoisotopic (exact) mass is 329 g/mol. The highest BCUT2D eigenvalue weighted by molar-refractivity contribution is 6.35. The molecule has 126 valence electrons. The second-order valence-corrected chi connectivity index (χ2v) is 5.87. The number of aryl methyl sites for hydroxylation is 1. The minimum Gasteiger partial charge on any atom is -0.464 e. The molecule has 1 saturated carbocycles. The minimum absolute atomic E-state index is 0.0446. The van der Waals surface area contributed by atoms with Crippen LogP contribution in [-0.4, -0.2) is 23.8 Å². The third-order valence-electron chi connectivity index (χ3n) is 3.91. The van der Waals surface area contributed by atoms with E-state index in [0.717, 1.165) is 41.4 Å². The van der Waals surface area contributed by atoms with E-state index in [4.69, 9.17) is 4.42 Å². The average molecular weight is 329 g/mol. The lowest BCUT2D eigenvalue weighted by Crippen LogP contribution is -2.49. The van der Waals surface area contributed by atoms with Gasteiger partial charge in [-0.05, 0) is 30.9 Å². The predicted molar refractivity (Wildman–Crippen MR) is 86.7 cm³/mol. The van der Waals surface area contributed by atoms with Gasteiger partial charge in [0.15, 0.2) is 0 Å². The molecule has 7 nitrogen and oxygen atoms in total. The summed E-state index contributed by atoms with van der Waals surface area (Å²) < 4.78 is 5.48. The van der Waals surface area contributed by atoms with Crippen LogP contribution in [0.15, 0.2) is 28.9 Å². The normalized spacial score (nSPS) is 13.5. The van der Waals surface area contributed by atoms with Crippen LogP contribution in [0.25, 0.3) is 11.0 Å². The Morgan fingerprint density at radius 1 is 1.17 bits per heavy atom. The maximum Gasteiger partial charge on any atom is 0.327 e. The van der Waals surface area contributed by atoms with Gasteiger partial charge in [-0.15, -0.1) is 0 Å². The Morgan fingerprint density at radius 3 is 2.67 bits per heavy atom. The average Bonchev–Trinajstić information content (AvgIpc) is 3.31. The van der Waals surface area contributed by atoms with Crippen molar-refractivity contribution in [3.8, 4) is 0 Å². The smallest absolute Gasteiger partial charge is 0.327 e. The molecule has 0 aliphatic heterocycles. The molecule has 1 aliphatic carbocycles. The maximum absolute atomic E-state index is 11.9. The van der Waals surface area contributed by atoms with E-state index < -0.39 is 17.7 Å². The first kappa shape index (κ1) is 16.0. The summed E-state index contributed by atoms with van der Waals surface area (Å²) in [6, 6.07) is 5.94. The lowest BCUT2D eigenvalue weighted by Gasteiger charge is -2.07. The molecular formula is C17H19N3O4. The van der Waals surface area contributed by atoms with E-state index in [9.17, 15) is 14.4 Å². The van der Waals surface area contributed by atoms with E-state index in [1.54, 1.807) is 0 Å². The molecule has 1 aromatic heterocycles. The van der Waals surface area contributed by atoms with Crippen LogP contribution in [0.5, 0.6) is 0 Å². The summed E-state index contributed by atoms with van der Waals surface area (Å²) in [5.41, 5.74) is 6.96. The number of hydrogen-bond donors (Lipinski definition) is 3. The highest BCUT2D eigenvalue weighted by atomic mass is 16.3. The van der Waals surface area contributed by atoms with Crippen molar-refractivity contribution in [2.75, 3.05) is 0 Å². The number of fused-ring (bicyclic) bond motifs is 1. The van der Waals surface area contributed by atoms with Gasteiger partial charge in [0.1, 0.15) is 5.58 Å². The Hall–Kier alpha value is -2.83. The zero-order valence-corrected chi connectivity index (χ0v) is 13.3. The van der Waals surface area contributed by atoms with Crippen LogP contribution in [0.2, 0.25) is 0 Å². The number of furan rings is 1. The summed E-state index contributed by atoms with van der Waals surface area (Å²) in [4.78, 5) is 34.9. The molecular weight excluding hydrogens is 310 g/mol. The first-order valence-corrected chi connectivity index (χ1v) is 7.95. The number of amides is 3. The van der Waals surface area contributed by atoms with Gasteiger partial charge in [-0.25, -0.2) is 0 Å². The van der Waals surface area contributed by atoms with Gasteiger partial charge < -0.3 is 9.73 Å². The fourth-order valence-electron chi connectivity index (χ4n) is 2.36. The summed E-state index contributed by atoms with van der Waals surface area (Å²) in [5, 5.41) is 3.40. The lowest BCUT2D eigenvalue weighted by atomic mass is 10.1. The third kappa shape index (κ3) is 3.73. The van der Waals surface area contributed by atoms with Crippen molar-refractivity contribution < 1.29 is 18.8 Å². The van der Waals surface area contributed by atoms with Crippen molar-refractivity contribution >= 4 is 28.7 Å². The molecule has 3 amide bonds. The highest BCUT2D eigenvalue weighted by Gasteiger charge is 2.26. The van der Waals surface area contributed by atoms with Gasteiger partial charge in [-0.3, -0.25) is 25.2 Å². The Labute approximate surface area is 138 Å². The van der Waals surface area contributed by atoms with E-state index >= 15 is 0 Å². The molecule has 0 unspecified atom stereocenters. The summed E-state index contributed by atoms with van der Waals surface area (Å²) in [6.07, 6.45) is 4.26. The first-order valence-electron chi connectivity index (χ1n) is 7.95. The zero-order chi connectivity index (χ0) is 17.1. The summed E-state index contributed by atoms with van der Waals surface area (Å²) >= 11 is 0. The molecule has 0 radical (unpaired) electrons. The predicted octanol–water partition coefficient (Wildman–Crippen LogP) is 0.964. The Balaban J connectivity index is 1.54. The topological polar surface area (TPSA) is 100 Å². The van der Waals surface area contributed by atoms with Crippen molar-refractivity contribution in [3.05, 3.63) is 35.6 Å². The summed E-state index contributed by atoms with van der Waals surface area (Å²) in [7, 11) is 0. The number of carbonyl (C=O) groups is 3. The van der Waals surface area contributed by atoms with Crippen molar-refractivity contribution in [1.82, 2.24) is 16.2 Å². The minimum atomic E-state index is -0.875. The van der Waals surface area contributed by atoms with Crippen LogP contribution in [0.1, 0.15) is 30.9 Å². The van der Waals surface area contributed by atoms with Gasteiger partial charge >= 0.3 is 11.8 Å². The molecule has 2 aromatic rings. The van der Waals surface area contributed by atoms with Crippen molar-refractivity contribution in [2.45, 2.75) is 38.6 Å². The highest BCUT2D eigenvalue weighted by Crippen LogP contribution is 2.23. The second-order valence-electron chi connectivity index (χ2n) is 5.87. The number of hydrazine groups is 1. The Bertz CT molecular complexity index is 792. The van der Waals surface area contributed by atoms with Crippen LogP contribution in [0, 0.1) is 0 Å². The number of carbonyl (C=O) groups excluding carboxylic acids is 3. The van der Waals surface area contributed by atoms with Gasteiger partial charge in [0, 0.05) is 17.0 Å². The molecule has 1 aromatic carbocycles. The van der Waals surface area contributed by atoms with E-state index in [1.165, 1.54) is 6.26 Å². The molecule has 0 bridgehead atoms. The number of rotatable bonds is 4. The standard InChI is InChI=1S/C17H19N3O4/c1-2-10-3-6-13-11(9-24-14(13)7-10)8-15(21)19-20-17(23)16(22)18-12-4-5-12/h3,6-7,9,12H,2,4-5,8H2,1H3,(H,18,22)(H,19,21)(H,20,23). The second kappa shape index (κ2) is 6.74. The SMILES string of the molecule is CCc1ccc2c(CC(=O)NNC(=O)C(=O)NC3CC3)coc2c1. The molecule has 0 atom stereocenters. The lowest BCUT2D eigenvalue weighted by molar-refractivity contribution is -0.140. The summed E-state index contributed by atoms with van der Waals surface area (Å²) in [6.45, 7) is 2.06. The summed E-state index contributed by atoms with van der Waals surface area (Å²) in [5.74, 6) is -2.04. The van der Waals surface area contributed by atoms with Gasteiger partial charge in [-0.1, -0.05) is 19.1 Å². The Kier molecular flexibility index (Phi) is 4.50. The largest absolute Gasteiger partial charge is 0.464 e. The van der Waals surface area contributed by atoms with E-state index in [0.29, 0.717) is 0 Å². The number of nitrogens with one attached hydrogen (secondary N) is 3. The van der Waals surface area contributed by atoms with Crippen molar-refractivity contribution in [2.24, 2.45) is 0 Å². The van der Waals surface area contributed by atoms with E-state index in [2.05, 4.69) is 23.1 Å². The molecule has 0 spiro atoms.